The number of hydrogen-bond acceptors (Lipinski definition) is 2. The highest BCUT2D eigenvalue weighted by Gasteiger charge is 2.59. The first-order chi connectivity index (χ1) is 6.87. The lowest BCUT2D eigenvalue weighted by Gasteiger charge is -2.33. The van der Waals surface area contributed by atoms with Crippen molar-refractivity contribution in [3.63, 3.8) is 0 Å². The van der Waals surface area contributed by atoms with Crippen molar-refractivity contribution in [2.24, 2.45) is 27.6 Å². The van der Waals surface area contributed by atoms with Crippen LogP contribution in [0.4, 0.5) is 4.79 Å². The quantitative estimate of drug-likeness (QED) is 0.636. The third-order valence-electron chi connectivity index (χ3n) is 4.69. The molecule has 2 fully saturated rings. The molecule has 2 amide bonds. The SMILES string of the molecule is CC1(C)[C@H]2CC[C@@]1(C)C/C2=N\NC(N)=O. The summed E-state index contributed by atoms with van der Waals surface area (Å²) in [4.78, 5) is 10.6. The molecule has 4 heteroatoms. The summed E-state index contributed by atoms with van der Waals surface area (Å²) in [6, 6.07) is -0.576. The predicted octanol–water partition coefficient (Wildman–Crippen LogP) is 1.86. The zero-order valence-corrected chi connectivity index (χ0v) is 9.63. The number of carbonyl (C=O) groups excluding carboxylic acids is 1. The molecule has 0 radical (unpaired) electrons. The first-order valence-electron chi connectivity index (χ1n) is 5.49. The molecule has 2 rings (SSSR count). The Hall–Kier alpha value is -1.06. The van der Waals surface area contributed by atoms with Gasteiger partial charge in [-0.15, -0.1) is 0 Å². The highest BCUT2D eigenvalue weighted by molar-refractivity contribution is 5.92. The number of rotatable bonds is 1. The summed E-state index contributed by atoms with van der Waals surface area (Å²) in [5.41, 5.74) is 9.12. The molecule has 0 aliphatic heterocycles. The third-order valence-corrected chi connectivity index (χ3v) is 4.69. The van der Waals surface area contributed by atoms with Crippen molar-refractivity contribution < 1.29 is 4.79 Å². The summed E-state index contributed by atoms with van der Waals surface area (Å²) in [5, 5.41) is 4.14. The summed E-state index contributed by atoms with van der Waals surface area (Å²) in [7, 11) is 0. The maximum Gasteiger partial charge on any atom is 0.332 e. The smallest absolute Gasteiger partial charge is 0.332 e. The summed E-state index contributed by atoms with van der Waals surface area (Å²) in [5.74, 6) is 0.509. The Morgan fingerprint density at radius 2 is 2.20 bits per heavy atom. The summed E-state index contributed by atoms with van der Waals surface area (Å²) in [6.45, 7) is 6.93. The molecule has 0 spiro atoms. The van der Waals surface area contributed by atoms with Gasteiger partial charge in [0.05, 0.1) is 0 Å². The number of hydrogen-bond donors (Lipinski definition) is 2. The van der Waals surface area contributed by atoms with Gasteiger partial charge in [0.15, 0.2) is 0 Å². The maximum atomic E-state index is 10.6. The Labute approximate surface area is 90.3 Å². The highest BCUT2D eigenvalue weighted by Crippen LogP contribution is 2.64. The molecule has 2 aliphatic rings. The zero-order valence-electron chi connectivity index (χ0n) is 9.63. The summed E-state index contributed by atoms with van der Waals surface area (Å²) >= 11 is 0. The van der Waals surface area contributed by atoms with Gasteiger partial charge in [0.1, 0.15) is 0 Å². The standard InChI is InChI=1S/C11H19N3O/c1-10(2)7-4-5-11(10,3)6-8(7)13-14-9(12)15/h7H,4-6H2,1-3H3,(H3,12,14,15)/b13-8+/t7-,11-/m0/s1. The van der Waals surface area contributed by atoms with Gasteiger partial charge in [0.25, 0.3) is 0 Å². The number of urea groups is 1. The topological polar surface area (TPSA) is 67.5 Å². The van der Waals surface area contributed by atoms with Gasteiger partial charge in [0, 0.05) is 11.6 Å². The van der Waals surface area contributed by atoms with Gasteiger partial charge in [-0.25, -0.2) is 10.2 Å². The molecule has 0 unspecified atom stereocenters. The highest BCUT2D eigenvalue weighted by atomic mass is 16.2. The van der Waals surface area contributed by atoms with E-state index in [1.807, 2.05) is 0 Å². The molecule has 84 valence electrons. The molecule has 0 saturated heterocycles. The molecule has 4 nitrogen and oxygen atoms in total. The van der Waals surface area contributed by atoms with E-state index in [1.165, 1.54) is 12.8 Å². The minimum absolute atomic E-state index is 0.297. The molecule has 0 aromatic heterocycles. The lowest BCUT2D eigenvalue weighted by atomic mass is 9.71. The molecule has 2 atom stereocenters. The van der Waals surface area contributed by atoms with Gasteiger partial charge in [-0.1, -0.05) is 20.8 Å². The van der Waals surface area contributed by atoms with Crippen LogP contribution in [0.2, 0.25) is 0 Å². The van der Waals surface area contributed by atoms with Crippen molar-refractivity contribution in [2.45, 2.75) is 40.0 Å². The minimum atomic E-state index is -0.576. The van der Waals surface area contributed by atoms with Crippen LogP contribution in [0.5, 0.6) is 0 Å². The molecule has 3 N–H and O–H groups in total. The minimum Gasteiger partial charge on any atom is -0.350 e. The average molecular weight is 209 g/mol. The van der Waals surface area contributed by atoms with Crippen LogP contribution in [-0.2, 0) is 0 Å². The first kappa shape index (κ1) is 10.5. The monoisotopic (exact) mass is 209 g/mol. The fraction of sp³-hybridized carbons (Fsp3) is 0.818. The second-order valence-corrected chi connectivity index (χ2v) is 5.63. The second-order valence-electron chi connectivity index (χ2n) is 5.63. The van der Waals surface area contributed by atoms with Crippen LogP contribution in [0.1, 0.15) is 40.0 Å². The van der Waals surface area contributed by atoms with Gasteiger partial charge in [-0.05, 0) is 30.1 Å². The van der Waals surface area contributed by atoms with E-state index in [0.717, 1.165) is 12.1 Å². The Bertz CT molecular complexity index is 332. The van der Waals surface area contributed by atoms with Crippen LogP contribution >= 0.6 is 0 Å². The number of nitrogens with two attached hydrogens (primary N) is 1. The van der Waals surface area contributed by atoms with Gasteiger partial charge in [-0.3, -0.25) is 0 Å². The molecule has 0 heterocycles. The molecule has 15 heavy (non-hydrogen) atoms. The van der Waals surface area contributed by atoms with E-state index in [0.29, 0.717) is 16.7 Å². The fourth-order valence-electron chi connectivity index (χ4n) is 3.23. The summed E-state index contributed by atoms with van der Waals surface area (Å²) in [6.07, 6.45) is 3.44. The van der Waals surface area contributed by atoms with Crippen LogP contribution in [0.15, 0.2) is 5.10 Å². The largest absolute Gasteiger partial charge is 0.350 e. The number of primary amides is 1. The molecule has 2 aliphatic carbocycles. The van der Waals surface area contributed by atoms with Crippen LogP contribution < -0.4 is 11.2 Å². The number of hydrazone groups is 1. The van der Waals surface area contributed by atoms with Crippen molar-refractivity contribution in [2.75, 3.05) is 0 Å². The van der Waals surface area contributed by atoms with Crippen LogP contribution in [-0.4, -0.2) is 11.7 Å². The predicted molar refractivity (Wildman–Crippen MR) is 59.4 cm³/mol. The Kier molecular flexibility index (Phi) is 2.07. The van der Waals surface area contributed by atoms with E-state index < -0.39 is 6.03 Å². The van der Waals surface area contributed by atoms with E-state index in [4.69, 9.17) is 5.73 Å². The van der Waals surface area contributed by atoms with Crippen LogP contribution in [0, 0.1) is 16.7 Å². The Morgan fingerprint density at radius 1 is 1.53 bits per heavy atom. The van der Waals surface area contributed by atoms with E-state index in [2.05, 4.69) is 31.3 Å². The first-order valence-corrected chi connectivity index (χ1v) is 5.49. The molecule has 2 bridgehead atoms. The number of carbonyl (C=O) groups is 1. The Morgan fingerprint density at radius 3 is 2.60 bits per heavy atom. The van der Waals surface area contributed by atoms with E-state index >= 15 is 0 Å². The van der Waals surface area contributed by atoms with Gasteiger partial charge in [0.2, 0.25) is 0 Å². The number of nitrogens with one attached hydrogen (secondary N) is 1. The summed E-state index contributed by atoms with van der Waals surface area (Å²) < 4.78 is 0. The zero-order chi connectivity index (χ0) is 11.3. The van der Waals surface area contributed by atoms with Crippen molar-refractivity contribution in [1.29, 1.82) is 0 Å². The maximum absolute atomic E-state index is 10.6. The van der Waals surface area contributed by atoms with Crippen molar-refractivity contribution in [1.82, 2.24) is 5.43 Å². The van der Waals surface area contributed by atoms with Gasteiger partial charge < -0.3 is 5.73 Å². The fourth-order valence-corrected chi connectivity index (χ4v) is 3.23. The number of fused-ring (bicyclic) bond motifs is 2. The molecular weight excluding hydrogens is 190 g/mol. The van der Waals surface area contributed by atoms with Gasteiger partial charge >= 0.3 is 6.03 Å². The van der Waals surface area contributed by atoms with E-state index in [9.17, 15) is 4.79 Å². The molecule has 2 saturated carbocycles. The van der Waals surface area contributed by atoms with E-state index in [-0.39, 0.29) is 0 Å². The third kappa shape index (κ3) is 1.34. The Balaban J connectivity index is 2.22. The molecular formula is C11H19N3O. The van der Waals surface area contributed by atoms with Crippen molar-refractivity contribution in [3.8, 4) is 0 Å². The van der Waals surface area contributed by atoms with Crippen LogP contribution in [0.25, 0.3) is 0 Å². The lowest BCUT2D eigenvalue weighted by Crippen LogP contribution is -2.28. The van der Waals surface area contributed by atoms with Crippen LogP contribution in [0.3, 0.4) is 0 Å². The van der Waals surface area contributed by atoms with Crippen molar-refractivity contribution in [3.05, 3.63) is 0 Å². The normalized spacial score (nSPS) is 39.7. The molecule has 0 aromatic rings. The van der Waals surface area contributed by atoms with Crippen molar-refractivity contribution >= 4 is 11.7 Å². The van der Waals surface area contributed by atoms with E-state index in [1.54, 1.807) is 0 Å². The number of amides is 2. The average Bonchev–Trinajstić information content (AvgIpc) is 2.45. The lowest BCUT2D eigenvalue weighted by molar-refractivity contribution is 0.152. The number of nitrogens with zero attached hydrogens (tertiary/aromatic N) is 1. The molecule has 0 aromatic carbocycles. The van der Waals surface area contributed by atoms with Gasteiger partial charge in [-0.2, -0.15) is 5.10 Å². The second kappa shape index (κ2) is 2.97.